The number of primary amides is 1. The van der Waals surface area contributed by atoms with Crippen molar-refractivity contribution in [2.45, 2.75) is 31.8 Å². The van der Waals surface area contributed by atoms with Gasteiger partial charge in [-0.3, -0.25) is 4.79 Å². The van der Waals surface area contributed by atoms with Crippen LogP contribution in [0.2, 0.25) is 0 Å². The van der Waals surface area contributed by atoms with Crippen LogP contribution in [0.25, 0.3) is 0 Å². The lowest BCUT2D eigenvalue weighted by atomic mass is 10.1. The molecule has 3 N–H and O–H groups in total. The lowest BCUT2D eigenvalue weighted by molar-refractivity contribution is -0.118. The second kappa shape index (κ2) is 5.12. The Morgan fingerprint density at radius 2 is 2.06 bits per heavy atom. The molecule has 0 aliphatic heterocycles. The van der Waals surface area contributed by atoms with Gasteiger partial charge in [0.15, 0.2) is 0 Å². The van der Waals surface area contributed by atoms with E-state index in [1.807, 2.05) is 18.2 Å². The average molecular weight is 218 g/mol. The Labute approximate surface area is 96.0 Å². The van der Waals surface area contributed by atoms with Crippen LogP contribution in [0.4, 0.5) is 0 Å². The van der Waals surface area contributed by atoms with Crippen molar-refractivity contribution in [1.82, 2.24) is 5.32 Å². The third kappa shape index (κ3) is 3.35. The van der Waals surface area contributed by atoms with E-state index in [9.17, 15) is 4.79 Å². The molecule has 1 aromatic rings. The van der Waals surface area contributed by atoms with Gasteiger partial charge >= 0.3 is 0 Å². The number of rotatable bonds is 6. The summed E-state index contributed by atoms with van der Waals surface area (Å²) in [5.74, 6) is 0.439. The van der Waals surface area contributed by atoms with Crippen LogP contribution >= 0.6 is 0 Å². The third-order valence-corrected chi connectivity index (χ3v) is 3.02. The molecule has 1 fully saturated rings. The van der Waals surface area contributed by atoms with Crippen molar-refractivity contribution in [1.29, 1.82) is 0 Å². The van der Waals surface area contributed by atoms with E-state index in [1.165, 1.54) is 18.4 Å². The first-order valence-corrected chi connectivity index (χ1v) is 5.81. The highest BCUT2D eigenvalue weighted by Gasteiger charge is 2.31. The van der Waals surface area contributed by atoms with Crippen LogP contribution in [0.1, 0.15) is 24.8 Å². The van der Waals surface area contributed by atoms with Crippen molar-refractivity contribution >= 4 is 5.91 Å². The summed E-state index contributed by atoms with van der Waals surface area (Å²) in [6.07, 6.45) is 2.90. The van der Waals surface area contributed by atoms with Crippen molar-refractivity contribution in [2.75, 3.05) is 0 Å². The van der Waals surface area contributed by atoms with Gasteiger partial charge in [0.05, 0.1) is 0 Å². The van der Waals surface area contributed by atoms with Gasteiger partial charge in [-0.05, 0) is 24.3 Å². The van der Waals surface area contributed by atoms with Gasteiger partial charge in [-0.15, -0.1) is 0 Å². The number of hydrogen-bond donors (Lipinski definition) is 2. The van der Waals surface area contributed by atoms with Gasteiger partial charge in [0.25, 0.3) is 0 Å². The highest BCUT2D eigenvalue weighted by Crippen LogP contribution is 2.34. The Morgan fingerprint density at radius 1 is 1.38 bits per heavy atom. The fourth-order valence-corrected chi connectivity index (χ4v) is 1.97. The number of benzene rings is 1. The summed E-state index contributed by atoms with van der Waals surface area (Å²) in [7, 11) is 0. The molecule has 0 aromatic heterocycles. The average Bonchev–Trinajstić information content (AvgIpc) is 3.09. The zero-order valence-corrected chi connectivity index (χ0v) is 9.36. The fraction of sp³-hybridized carbons (Fsp3) is 0.462. The van der Waals surface area contributed by atoms with Crippen LogP contribution < -0.4 is 11.1 Å². The highest BCUT2D eigenvalue weighted by atomic mass is 16.1. The third-order valence-electron chi connectivity index (χ3n) is 3.02. The van der Waals surface area contributed by atoms with E-state index in [2.05, 4.69) is 17.4 Å². The Balaban J connectivity index is 1.84. The molecule has 0 heterocycles. The molecule has 1 saturated carbocycles. The number of nitrogens with one attached hydrogen (secondary N) is 1. The molecule has 1 amide bonds. The standard InChI is InChI=1S/C13H18N2O/c14-13(16)8-12(11-6-7-11)15-9-10-4-2-1-3-5-10/h1-5,11-12,15H,6-9H2,(H2,14,16)/t12-/m0/s1. The van der Waals surface area contributed by atoms with Crippen molar-refractivity contribution < 1.29 is 4.79 Å². The minimum Gasteiger partial charge on any atom is -0.370 e. The number of carbonyl (C=O) groups excluding carboxylic acids is 1. The molecule has 0 bridgehead atoms. The smallest absolute Gasteiger partial charge is 0.218 e. The van der Waals surface area contributed by atoms with E-state index in [0.717, 1.165) is 6.54 Å². The van der Waals surface area contributed by atoms with Gasteiger partial charge in [0.1, 0.15) is 0 Å². The molecule has 3 heteroatoms. The minimum atomic E-state index is -0.211. The number of carbonyl (C=O) groups is 1. The maximum Gasteiger partial charge on any atom is 0.218 e. The Bertz CT molecular complexity index is 346. The quantitative estimate of drug-likeness (QED) is 0.759. The second-order valence-corrected chi connectivity index (χ2v) is 4.48. The van der Waals surface area contributed by atoms with E-state index in [-0.39, 0.29) is 11.9 Å². The normalized spacial score (nSPS) is 17.0. The molecular formula is C13H18N2O. The van der Waals surface area contributed by atoms with Crippen LogP contribution in [-0.2, 0) is 11.3 Å². The molecular weight excluding hydrogens is 200 g/mol. The van der Waals surface area contributed by atoms with E-state index in [0.29, 0.717) is 12.3 Å². The van der Waals surface area contributed by atoms with Gasteiger partial charge < -0.3 is 11.1 Å². The molecule has 2 rings (SSSR count). The van der Waals surface area contributed by atoms with Crippen LogP contribution in [0.3, 0.4) is 0 Å². The molecule has 1 aliphatic rings. The number of amides is 1. The van der Waals surface area contributed by atoms with Gasteiger partial charge in [-0.1, -0.05) is 30.3 Å². The van der Waals surface area contributed by atoms with Gasteiger partial charge in [0, 0.05) is 19.0 Å². The van der Waals surface area contributed by atoms with E-state index in [4.69, 9.17) is 5.73 Å². The highest BCUT2D eigenvalue weighted by molar-refractivity contribution is 5.74. The predicted octanol–water partition coefficient (Wildman–Crippen LogP) is 1.43. The van der Waals surface area contributed by atoms with Crippen molar-refractivity contribution in [2.24, 2.45) is 11.7 Å². The maximum atomic E-state index is 10.9. The Kier molecular flexibility index (Phi) is 3.57. The monoisotopic (exact) mass is 218 g/mol. The first-order chi connectivity index (χ1) is 7.75. The molecule has 3 nitrogen and oxygen atoms in total. The topological polar surface area (TPSA) is 55.1 Å². The van der Waals surface area contributed by atoms with Crippen molar-refractivity contribution in [3.63, 3.8) is 0 Å². The summed E-state index contributed by atoms with van der Waals surface area (Å²) >= 11 is 0. The first kappa shape index (κ1) is 11.1. The summed E-state index contributed by atoms with van der Waals surface area (Å²) in [6.45, 7) is 0.815. The summed E-state index contributed by atoms with van der Waals surface area (Å²) in [6, 6.07) is 10.5. The second-order valence-electron chi connectivity index (χ2n) is 4.48. The molecule has 1 aromatic carbocycles. The molecule has 1 atom stereocenters. The maximum absolute atomic E-state index is 10.9. The molecule has 0 unspecified atom stereocenters. The zero-order chi connectivity index (χ0) is 11.4. The van der Waals surface area contributed by atoms with Crippen LogP contribution in [-0.4, -0.2) is 11.9 Å². The van der Waals surface area contributed by atoms with Crippen LogP contribution in [0.5, 0.6) is 0 Å². The number of hydrogen-bond acceptors (Lipinski definition) is 2. The van der Waals surface area contributed by atoms with Gasteiger partial charge in [-0.2, -0.15) is 0 Å². The summed E-state index contributed by atoms with van der Waals surface area (Å²) in [4.78, 5) is 10.9. The summed E-state index contributed by atoms with van der Waals surface area (Å²) in [5.41, 5.74) is 6.50. The van der Waals surface area contributed by atoms with Crippen LogP contribution in [0, 0.1) is 5.92 Å². The predicted molar refractivity (Wildman–Crippen MR) is 63.6 cm³/mol. The fourth-order valence-electron chi connectivity index (χ4n) is 1.97. The molecule has 0 spiro atoms. The molecule has 1 aliphatic carbocycles. The molecule has 16 heavy (non-hydrogen) atoms. The molecule has 0 radical (unpaired) electrons. The lowest BCUT2D eigenvalue weighted by Crippen LogP contribution is -2.34. The van der Waals surface area contributed by atoms with E-state index >= 15 is 0 Å². The molecule has 0 saturated heterocycles. The van der Waals surface area contributed by atoms with Crippen LogP contribution in [0.15, 0.2) is 30.3 Å². The molecule has 86 valence electrons. The van der Waals surface area contributed by atoms with Gasteiger partial charge in [-0.25, -0.2) is 0 Å². The van der Waals surface area contributed by atoms with Crippen molar-refractivity contribution in [3.8, 4) is 0 Å². The first-order valence-electron chi connectivity index (χ1n) is 5.81. The van der Waals surface area contributed by atoms with Crippen molar-refractivity contribution in [3.05, 3.63) is 35.9 Å². The largest absolute Gasteiger partial charge is 0.370 e. The van der Waals surface area contributed by atoms with E-state index < -0.39 is 0 Å². The summed E-state index contributed by atoms with van der Waals surface area (Å²) < 4.78 is 0. The lowest BCUT2D eigenvalue weighted by Gasteiger charge is -2.16. The zero-order valence-electron chi connectivity index (χ0n) is 9.36. The SMILES string of the molecule is NC(=O)C[C@H](NCc1ccccc1)C1CC1. The summed E-state index contributed by atoms with van der Waals surface area (Å²) in [5, 5.41) is 3.43. The number of nitrogens with two attached hydrogens (primary N) is 1. The Hall–Kier alpha value is -1.35. The van der Waals surface area contributed by atoms with E-state index in [1.54, 1.807) is 0 Å². The minimum absolute atomic E-state index is 0.211. The Morgan fingerprint density at radius 3 is 2.62 bits per heavy atom. The van der Waals surface area contributed by atoms with Gasteiger partial charge in [0.2, 0.25) is 5.91 Å².